The minimum absolute atomic E-state index is 0.159. The second-order valence-corrected chi connectivity index (χ2v) is 12.0. The molecule has 0 heterocycles. The van der Waals surface area contributed by atoms with E-state index in [4.69, 9.17) is 9.47 Å². The fraction of sp³-hybridized carbons (Fsp3) is 0.632. The van der Waals surface area contributed by atoms with Gasteiger partial charge in [0.05, 0.1) is 13.2 Å². The molecular weight excluding hydrogens is 548 g/mol. The van der Waals surface area contributed by atoms with E-state index in [9.17, 15) is 9.59 Å². The Kier molecular flexibility index (Phi) is 18.7. The number of hydrogen-bond acceptors (Lipinski definition) is 6. The number of benzene rings is 2. The van der Waals surface area contributed by atoms with E-state index in [0.717, 1.165) is 87.3 Å². The molecule has 2 atom stereocenters. The van der Waals surface area contributed by atoms with Crippen molar-refractivity contribution in [3.8, 4) is 11.5 Å². The zero-order chi connectivity index (χ0) is 32.2. The molecule has 6 heteroatoms. The van der Waals surface area contributed by atoms with Crippen LogP contribution in [0.1, 0.15) is 114 Å². The van der Waals surface area contributed by atoms with Crippen LogP contribution in [0, 0.1) is 11.8 Å². The molecule has 2 rings (SSSR count). The lowest BCUT2D eigenvalue weighted by Gasteiger charge is -2.29. The molecule has 0 amide bonds. The Morgan fingerprint density at radius 1 is 0.523 bits per heavy atom. The summed E-state index contributed by atoms with van der Waals surface area (Å²) in [5.74, 6) is 1.55. The first-order valence-electron chi connectivity index (χ1n) is 17.4. The van der Waals surface area contributed by atoms with Crippen LogP contribution in [-0.4, -0.2) is 73.8 Å². The standard InChI is InChI=1S/C38H60N2O4/c1-7-23-39(24-8-2)29-33(37(41)31-15-19-35(20-16-31)43-27-11-5)13-14-34(30-40(25-9-3)26-10-4)38(42)32-17-21-36(22-18-32)44-28-12-6/h15-22,33-34H,7-14,23-30H2,1-6H3. The average Bonchev–Trinajstić information content (AvgIpc) is 3.04. The second kappa shape index (κ2) is 21.9. The molecule has 0 spiro atoms. The van der Waals surface area contributed by atoms with Crippen LogP contribution in [0.5, 0.6) is 11.5 Å². The zero-order valence-electron chi connectivity index (χ0n) is 28.6. The summed E-state index contributed by atoms with van der Waals surface area (Å²) in [5, 5.41) is 0. The van der Waals surface area contributed by atoms with Gasteiger partial charge < -0.3 is 19.3 Å². The Hall–Kier alpha value is -2.70. The average molecular weight is 609 g/mol. The largest absolute Gasteiger partial charge is 0.494 e. The molecule has 0 saturated heterocycles. The van der Waals surface area contributed by atoms with Gasteiger partial charge in [-0.15, -0.1) is 0 Å². The van der Waals surface area contributed by atoms with Crippen molar-refractivity contribution in [2.75, 3.05) is 52.5 Å². The lowest BCUT2D eigenvalue weighted by molar-refractivity contribution is 0.0808. The number of ketones is 2. The molecule has 2 aromatic carbocycles. The highest BCUT2D eigenvalue weighted by Gasteiger charge is 2.28. The van der Waals surface area contributed by atoms with Gasteiger partial charge in [0.2, 0.25) is 0 Å². The molecule has 2 unspecified atom stereocenters. The minimum Gasteiger partial charge on any atom is -0.494 e. The van der Waals surface area contributed by atoms with E-state index in [1.165, 1.54) is 0 Å². The highest BCUT2D eigenvalue weighted by Crippen LogP contribution is 2.25. The number of carbonyl (C=O) groups is 2. The lowest BCUT2D eigenvalue weighted by atomic mass is 9.85. The first-order chi connectivity index (χ1) is 21.4. The maximum absolute atomic E-state index is 14.0. The summed E-state index contributed by atoms with van der Waals surface area (Å²) in [4.78, 5) is 32.9. The molecule has 0 aliphatic rings. The molecule has 0 aromatic heterocycles. The van der Waals surface area contributed by atoms with Gasteiger partial charge in [-0.3, -0.25) is 9.59 Å². The van der Waals surface area contributed by atoms with Crippen LogP contribution >= 0.6 is 0 Å². The quantitative estimate of drug-likeness (QED) is 0.105. The monoisotopic (exact) mass is 608 g/mol. The lowest BCUT2D eigenvalue weighted by Crippen LogP contribution is -2.37. The maximum Gasteiger partial charge on any atom is 0.167 e. The number of Topliss-reactive ketones (excluding diaryl/α,β-unsaturated/α-hetero) is 2. The van der Waals surface area contributed by atoms with Crippen LogP contribution < -0.4 is 9.47 Å². The van der Waals surface area contributed by atoms with Crippen molar-refractivity contribution in [2.24, 2.45) is 11.8 Å². The van der Waals surface area contributed by atoms with E-state index < -0.39 is 0 Å². The number of rotatable bonds is 25. The summed E-state index contributed by atoms with van der Waals surface area (Å²) in [6.07, 6.45) is 7.43. The van der Waals surface area contributed by atoms with E-state index in [1.54, 1.807) is 0 Å². The number of ether oxygens (including phenoxy) is 2. The molecule has 0 saturated carbocycles. The minimum atomic E-state index is -0.179. The zero-order valence-corrected chi connectivity index (χ0v) is 28.6. The first kappa shape index (κ1) is 37.5. The fourth-order valence-corrected chi connectivity index (χ4v) is 5.83. The van der Waals surface area contributed by atoms with Gasteiger partial charge in [0.15, 0.2) is 11.6 Å². The Balaban J connectivity index is 2.34. The molecule has 44 heavy (non-hydrogen) atoms. The highest BCUT2D eigenvalue weighted by atomic mass is 16.5. The van der Waals surface area contributed by atoms with Gasteiger partial charge >= 0.3 is 0 Å². The molecule has 0 aliphatic carbocycles. The van der Waals surface area contributed by atoms with Crippen molar-refractivity contribution in [1.29, 1.82) is 0 Å². The summed E-state index contributed by atoms with van der Waals surface area (Å²) in [6.45, 7) is 19.6. The van der Waals surface area contributed by atoms with Crippen LogP contribution in [0.2, 0.25) is 0 Å². The Morgan fingerprint density at radius 2 is 0.841 bits per heavy atom. The predicted molar refractivity (Wildman–Crippen MR) is 183 cm³/mol. The van der Waals surface area contributed by atoms with Gasteiger partial charge in [-0.25, -0.2) is 0 Å². The van der Waals surface area contributed by atoms with Crippen LogP contribution in [0.3, 0.4) is 0 Å². The molecular formula is C38H60N2O4. The number of carbonyl (C=O) groups excluding carboxylic acids is 2. The Labute approximate surface area is 268 Å². The van der Waals surface area contributed by atoms with E-state index in [0.29, 0.717) is 39.1 Å². The molecule has 246 valence electrons. The molecule has 0 N–H and O–H groups in total. The van der Waals surface area contributed by atoms with Crippen LogP contribution in [0.25, 0.3) is 0 Å². The Bertz CT molecular complexity index is 956. The number of nitrogens with zero attached hydrogens (tertiary/aromatic N) is 2. The molecule has 0 radical (unpaired) electrons. The van der Waals surface area contributed by atoms with Crippen molar-refractivity contribution < 1.29 is 19.1 Å². The van der Waals surface area contributed by atoms with Crippen molar-refractivity contribution in [1.82, 2.24) is 9.80 Å². The summed E-state index contributed by atoms with van der Waals surface area (Å²) in [6, 6.07) is 15.2. The van der Waals surface area contributed by atoms with Gasteiger partial charge in [-0.2, -0.15) is 0 Å². The normalized spacial score (nSPS) is 12.8. The molecule has 0 fully saturated rings. The molecule has 6 nitrogen and oxygen atoms in total. The van der Waals surface area contributed by atoms with Crippen LogP contribution in [-0.2, 0) is 0 Å². The summed E-state index contributed by atoms with van der Waals surface area (Å²) < 4.78 is 11.5. The van der Waals surface area contributed by atoms with Crippen molar-refractivity contribution in [2.45, 2.75) is 92.9 Å². The van der Waals surface area contributed by atoms with Crippen LogP contribution in [0.15, 0.2) is 48.5 Å². The van der Waals surface area contributed by atoms with Gasteiger partial charge in [0.1, 0.15) is 11.5 Å². The van der Waals surface area contributed by atoms with Crippen molar-refractivity contribution >= 4 is 11.6 Å². The summed E-state index contributed by atoms with van der Waals surface area (Å²) in [7, 11) is 0. The molecule has 0 aliphatic heterocycles. The van der Waals surface area contributed by atoms with E-state index in [2.05, 4.69) is 51.3 Å². The highest BCUT2D eigenvalue weighted by molar-refractivity contribution is 5.99. The summed E-state index contributed by atoms with van der Waals surface area (Å²) in [5.41, 5.74) is 1.44. The third kappa shape index (κ3) is 13.1. The van der Waals surface area contributed by atoms with E-state index in [-0.39, 0.29) is 23.4 Å². The Morgan fingerprint density at radius 3 is 1.11 bits per heavy atom. The van der Waals surface area contributed by atoms with Gasteiger partial charge in [-0.1, -0.05) is 41.5 Å². The molecule has 0 bridgehead atoms. The predicted octanol–water partition coefficient (Wildman–Crippen LogP) is 8.59. The van der Waals surface area contributed by atoms with Crippen LogP contribution in [0.4, 0.5) is 0 Å². The van der Waals surface area contributed by atoms with Gasteiger partial charge in [0, 0.05) is 36.1 Å². The summed E-state index contributed by atoms with van der Waals surface area (Å²) >= 11 is 0. The smallest absolute Gasteiger partial charge is 0.167 e. The van der Waals surface area contributed by atoms with Crippen molar-refractivity contribution in [3.05, 3.63) is 59.7 Å². The maximum atomic E-state index is 14.0. The SMILES string of the molecule is CCCOc1ccc(C(=O)C(CCC(CN(CCC)CCC)C(=O)c2ccc(OCCC)cc2)CN(CCC)CCC)cc1. The second-order valence-electron chi connectivity index (χ2n) is 12.0. The van der Waals surface area contributed by atoms with E-state index >= 15 is 0 Å². The third-order valence-corrected chi connectivity index (χ3v) is 7.95. The van der Waals surface area contributed by atoms with Gasteiger partial charge in [0.25, 0.3) is 0 Å². The first-order valence-corrected chi connectivity index (χ1v) is 17.4. The molecule has 2 aromatic rings. The number of hydrogen-bond donors (Lipinski definition) is 0. The van der Waals surface area contributed by atoms with Gasteiger partial charge in [-0.05, 0) is 126 Å². The third-order valence-electron chi connectivity index (χ3n) is 7.95. The topological polar surface area (TPSA) is 59.1 Å². The van der Waals surface area contributed by atoms with E-state index in [1.807, 2.05) is 48.5 Å². The van der Waals surface area contributed by atoms with Crippen molar-refractivity contribution in [3.63, 3.8) is 0 Å². The fourth-order valence-electron chi connectivity index (χ4n) is 5.83.